The predicted octanol–water partition coefficient (Wildman–Crippen LogP) is 17.3. The van der Waals surface area contributed by atoms with Crippen LogP contribution in [0, 0.1) is 0 Å². The monoisotopic (exact) mass is 992 g/mol. The number of likely N-dealkylation sites (N-methyl/N-ethyl adjacent to an activating group) is 1. The summed E-state index contributed by atoms with van der Waals surface area (Å²) in [7, 11) is 1.49. The molecular formula is C59H112N2O7P+. The second kappa shape index (κ2) is 49.5. The highest BCUT2D eigenvalue weighted by Gasteiger charge is 2.30. The Balaban J connectivity index is 5.30. The van der Waals surface area contributed by atoms with Gasteiger partial charge in [0.15, 0.2) is 0 Å². The summed E-state index contributed by atoms with van der Waals surface area (Å²) in [5.74, 6) is -0.517. The minimum Gasteiger partial charge on any atom is -0.456 e. The molecule has 1 amide bonds. The lowest BCUT2D eigenvalue weighted by atomic mass is 10.0. The normalized spacial score (nSPS) is 14.1. The van der Waals surface area contributed by atoms with Crippen molar-refractivity contribution >= 4 is 19.7 Å². The maximum atomic E-state index is 13.5. The molecule has 0 aliphatic carbocycles. The molecule has 0 saturated heterocycles. The molecule has 69 heavy (non-hydrogen) atoms. The van der Waals surface area contributed by atoms with Crippen LogP contribution in [0.1, 0.15) is 265 Å². The molecule has 0 saturated carbocycles. The number of carbonyl (C=O) groups excluding carboxylic acids is 2. The van der Waals surface area contributed by atoms with Gasteiger partial charge in [-0.1, -0.05) is 217 Å². The summed E-state index contributed by atoms with van der Waals surface area (Å²) >= 11 is 0. The van der Waals surface area contributed by atoms with Gasteiger partial charge in [-0.15, -0.1) is 0 Å². The molecule has 0 bridgehead atoms. The first-order valence-electron chi connectivity index (χ1n) is 29.0. The van der Waals surface area contributed by atoms with Crippen LogP contribution >= 0.6 is 7.82 Å². The van der Waals surface area contributed by atoms with Crippen molar-refractivity contribution in [1.29, 1.82) is 0 Å². The molecule has 10 heteroatoms. The van der Waals surface area contributed by atoms with E-state index in [2.05, 4.69) is 62.5 Å². The Kier molecular flexibility index (Phi) is 48.1. The number of nitrogens with zero attached hydrogens (tertiary/aromatic N) is 1. The van der Waals surface area contributed by atoms with Crippen molar-refractivity contribution in [2.45, 2.75) is 277 Å². The van der Waals surface area contributed by atoms with Crippen molar-refractivity contribution in [3.63, 3.8) is 0 Å². The number of rotatable bonds is 52. The standard InChI is InChI=1S/C59H111N2O7P/c1-7-10-13-16-19-22-25-27-28-29-30-31-32-34-37-40-43-46-49-52-59(63)68-57(50-47-44-41-38-36-33-26-23-20-17-14-11-8-2)56(55-67-69(64,65)66-54-53-61(4,5)6)60-58(62)51-48-45-42-39-35-24-21-18-15-12-9-3/h18-19,21-22,27-28,47,50,56-57H,7-17,20,23-26,29-46,48-49,51-55H2,1-6H3,(H-,60,62,64,65)/p+1/b21-18-,22-19-,28-27-,50-47-. The Labute approximate surface area is 427 Å². The molecule has 0 radical (unpaired) electrons. The number of hydrogen-bond donors (Lipinski definition) is 2. The zero-order chi connectivity index (χ0) is 50.8. The van der Waals surface area contributed by atoms with Gasteiger partial charge in [-0.2, -0.15) is 0 Å². The van der Waals surface area contributed by atoms with Crippen LogP contribution in [0.3, 0.4) is 0 Å². The molecule has 0 spiro atoms. The van der Waals surface area contributed by atoms with Crippen LogP contribution in [0.5, 0.6) is 0 Å². The van der Waals surface area contributed by atoms with Gasteiger partial charge in [0.2, 0.25) is 5.91 Å². The van der Waals surface area contributed by atoms with Gasteiger partial charge in [0, 0.05) is 12.8 Å². The van der Waals surface area contributed by atoms with Crippen LogP contribution in [-0.2, 0) is 27.9 Å². The molecule has 0 aliphatic heterocycles. The Bertz CT molecular complexity index is 1330. The van der Waals surface area contributed by atoms with Crippen molar-refractivity contribution < 1.29 is 37.3 Å². The zero-order valence-electron chi connectivity index (χ0n) is 46.1. The first-order chi connectivity index (χ1) is 33.4. The van der Waals surface area contributed by atoms with E-state index in [0.29, 0.717) is 17.4 Å². The van der Waals surface area contributed by atoms with Crippen LogP contribution < -0.4 is 5.32 Å². The second-order valence-electron chi connectivity index (χ2n) is 20.8. The highest BCUT2D eigenvalue weighted by Crippen LogP contribution is 2.43. The van der Waals surface area contributed by atoms with Gasteiger partial charge in [-0.05, 0) is 83.1 Å². The minimum absolute atomic E-state index is 0.0380. The number of amides is 1. The molecule has 0 aromatic heterocycles. The molecule has 0 heterocycles. The first-order valence-corrected chi connectivity index (χ1v) is 30.5. The highest BCUT2D eigenvalue weighted by atomic mass is 31.2. The molecule has 9 nitrogen and oxygen atoms in total. The Hall–Kier alpha value is -2.03. The number of phosphoric ester groups is 1. The maximum absolute atomic E-state index is 13.5. The number of ether oxygens (including phenoxy) is 1. The van der Waals surface area contributed by atoms with Crippen LogP contribution in [0.4, 0.5) is 0 Å². The van der Waals surface area contributed by atoms with Crippen LogP contribution in [0.25, 0.3) is 0 Å². The van der Waals surface area contributed by atoms with E-state index in [0.717, 1.165) is 89.9 Å². The third kappa shape index (κ3) is 50.7. The van der Waals surface area contributed by atoms with E-state index in [9.17, 15) is 19.0 Å². The fraction of sp³-hybridized carbons (Fsp3) is 0.831. The van der Waals surface area contributed by atoms with Crippen molar-refractivity contribution in [3.05, 3.63) is 48.6 Å². The number of allylic oxidation sites excluding steroid dienone is 7. The fourth-order valence-electron chi connectivity index (χ4n) is 8.19. The molecular weight excluding hydrogens is 880 g/mol. The Morgan fingerprint density at radius 3 is 1.39 bits per heavy atom. The minimum atomic E-state index is -4.44. The average molecular weight is 993 g/mol. The predicted molar refractivity (Wildman–Crippen MR) is 295 cm³/mol. The van der Waals surface area contributed by atoms with E-state index in [1.54, 1.807) is 0 Å². The van der Waals surface area contributed by atoms with Crippen molar-refractivity contribution in [2.24, 2.45) is 0 Å². The summed E-state index contributed by atoms with van der Waals surface area (Å²) in [6.07, 6.45) is 59.6. The van der Waals surface area contributed by atoms with Gasteiger partial charge in [0.05, 0.1) is 33.8 Å². The van der Waals surface area contributed by atoms with Gasteiger partial charge in [0.1, 0.15) is 19.3 Å². The summed E-state index contributed by atoms with van der Waals surface area (Å²) < 4.78 is 30.6. The largest absolute Gasteiger partial charge is 0.472 e. The molecule has 0 aliphatic rings. The van der Waals surface area contributed by atoms with Crippen molar-refractivity contribution in [2.75, 3.05) is 40.9 Å². The SMILES string of the molecule is CCCC/C=C\CCCCCCCC(=O)NC(COP(=O)(O)OCC[N+](C)(C)C)C(/C=C\CCCCCCCCCCCCC)OC(=O)CCCCCCCCCCC/C=C\C/C=C\CCCCC. The molecule has 3 unspecified atom stereocenters. The molecule has 2 N–H and O–H groups in total. The third-order valence-electron chi connectivity index (χ3n) is 12.7. The molecule has 0 aromatic carbocycles. The average Bonchev–Trinajstić information content (AvgIpc) is 3.31. The number of phosphoric acid groups is 1. The topological polar surface area (TPSA) is 111 Å². The van der Waals surface area contributed by atoms with E-state index in [1.165, 1.54) is 141 Å². The van der Waals surface area contributed by atoms with Gasteiger partial charge in [0.25, 0.3) is 0 Å². The van der Waals surface area contributed by atoms with E-state index in [-0.39, 0.29) is 31.5 Å². The smallest absolute Gasteiger partial charge is 0.456 e. The lowest BCUT2D eigenvalue weighted by Crippen LogP contribution is -2.47. The summed E-state index contributed by atoms with van der Waals surface area (Å²) in [6.45, 7) is 6.95. The fourth-order valence-corrected chi connectivity index (χ4v) is 8.92. The van der Waals surface area contributed by atoms with E-state index < -0.39 is 20.0 Å². The number of unbranched alkanes of at least 4 members (excludes halogenated alkanes) is 30. The zero-order valence-corrected chi connectivity index (χ0v) is 47.0. The Morgan fingerprint density at radius 2 is 0.899 bits per heavy atom. The quantitative estimate of drug-likeness (QED) is 0.0205. The first kappa shape index (κ1) is 67.0. The number of nitrogens with one attached hydrogen (secondary N) is 1. The second-order valence-corrected chi connectivity index (χ2v) is 22.3. The van der Waals surface area contributed by atoms with Crippen LogP contribution in [0.2, 0.25) is 0 Å². The number of quaternary nitrogens is 1. The van der Waals surface area contributed by atoms with E-state index in [4.69, 9.17) is 13.8 Å². The Morgan fingerprint density at radius 1 is 0.507 bits per heavy atom. The molecule has 0 aromatic rings. The van der Waals surface area contributed by atoms with Crippen molar-refractivity contribution in [1.82, 2.24) is 5.32 Å². The number of carbonyl (C=O) groups is 2. The van der Waals surface area contributed by atoms with Gasteiger partial charge < -0.3 is 19.4 Å². The van der Waals surface area contributed by atoms with Gasteiger partial charge in [-0.3, -0.25) is 18.6 Å². The van der Waals surface area contributed by atoms with Crippen molar-refractivity contribution in [3.8, 4) is 0 Å². The number of esters is 1. The molecule has 0 fully saturated rings. The summed E-state index contributed by atoms with van der Waals surface area (Å²) in [5.41, 5.74) is 0. The van der Waals surface area contributed by atoms with Crippen LogP contribution in [0.15, 0.2) is 48.6 Å². The van der Waals surface area contributed by atoms with E-state index >= 15 is 0 Å². The third-order valence-corrected chi connectivity index (χ3v) is 13.7. The van der Waals surface area contributed by atoms with Gasteiger partial charge in [-0.25, -0.2) is 4.57 Å². The molecule has 404 valence electrons. The number of hydrogen-bond acceptors (Lipinski definition) is 6. The van der Waals surface area contributed by atoms with Gasteiger partial charge >= 0.3 is 13.8 Å². The van der Waals surface area contributed by atoms with Crippen LogP contribution in [-0.4, -0.2) is 74.3 Å². The summed E-state index contributed by atoms with van der Waals surface area (Å²) in [4.78, 5) is 37.5. The summed E-state index contributed by atoms with van der Waals surface area (Å²) in [6, 6.07) is -0.852. The lowest BCUT2D eigenvalue weighted by molar-refractivity contribution is -0.870. The molecule has 3 atom stereocenters. The summed E-state index contributed by atoms with van der Waals surface area (Å²) in [5, 5.41) is 3.04. The maximum Gasteiger partial charge on any atom is 0.472 e. The lowest BCUT2D eigenvalue weighted by Gasteiger charge is -2.27. The van der Waals surface area contributed by atoms with E-state index in [1.807, 2.05) is 33.3 Å². The highest BCUT2D eigenvalue weighted by molar-refractivity contribution is 7.47. The molecule has 0 rings (SSSR count).